The Morgan fingerprint density at radius 2 is 1.48 bits per heavy atom. The number of nitrogens with zero attached hydrogens (tertiary/aromatic N) is 2. The summed E-state index contributed by atoms with van der Waals surface area (Å²) < 4.78 is 0. The zero-order valence-corrected chi connectivity index (χ0v) is 14.0. The SMILES string of the molecule is CCCNc1nc(C)c(C)nc1-c1c(C)cc(C)cc1C. The summed E-state index contributed by atoms with van der Waals surface area (Å²) in [5.74, 6) is 0.898. The lowest BCUT2D eigenvalue weighted by molar-refractivity contribution is 0.953. The minimum Gasteiger partial charge on any atom is -0.368 e. The van der Waals surface area contributed by atoms with Crippen molar-refractivity contribution in [3.63, 3.8) is 0 Å². The Bertz CT molecular complexity index is 637. The molecule has 112 valence electrons. The fourth-order valence-electron chi connectivity index (χ4n) is 2.70. The van der Waals surface area contributed by atoms with Crippen LogP contribution < -0.4 is 5.32 Å². The van der Waals surface area contributed by atoms with Crippen molar-refractivity contribution in [2.45, 2.75) is 48.0 Å². The first kappa shape index (κ1) is 15.5. The predicted molar refractivity (Wildman–Crippen MR) is 89.9 cm³/mol. The van der Waals surface area contributed by atoms with Gasteiger partial charge in [0.05, 0.1) is 11.4 Å². The van der Waals surface area contributed by atoms with Crippen molar-refractivity contribution in [3.8, 4) is 11.3 Å². The van der Waals surface area contributed by atoms with Gasteiger partial charge in [-0.15, -0.1) is 0 Å². The average molecular weight is 283 g/mol. The van der Waals surface area contributed by atoms with Gasteiger partial charge < -0.3 is 5.32 Å². The molecule has 1 N–H and O–H groups in total. The number of aromatic nitrogens is 2. The Hall–Kier alpha value is -1.90. The van der Waals surface area contributed by atoms with E-state index in [2.05, 4.69) is 45.1 Å². The molecule has 0 bridgehead atoms. The molecule has 0 saturated heterocycles. The van der Waals surface area contributed by atoms with Gasteiger partial charge in [0, 0.05) is 12.1 Å². The van der Waals surface area contributed by atoms with Gasteiger partial charge >= 0.3 is 0 Å². The van der Waals surface area contributed by atoms with Crippen LogP contribution in [0.25, 0.3) is 11.3 Å². The van der Waals surface area contributed by atoms with Crippen LogP contribution in [0.4, 0.5) is 5.82 Å². The van der Waals surface area contributed by atoms with Gasteiger partial charge in [0.2, 0.25) is 0 Å². The lowest BCUT2D eigenvalue weighted by atomic mass is 9.97. The summed E-state index contributed by atoms with van der Waals surface area (Å²) in [7, 11) is 0. The summed E-state index contributed by atoms with van der Waals surface area (Å²) in [4.78, 5) is 9.54. The van der Waals surface area contributed by atoms with Crippen LogP contribution in [-0.4, -0.2) is 16.5 Å². The Labute approximate surface area is 127 Å². The molecule has 1 heterocycles. The lowest BCUT2D eigenvalue weighted by Crippen LogP contribution is -2.08. The van der Waals surface area contributed by atoms with Gasteiger partial charge in [-0.3, -0.25) is 0 Å². The Morgan fingerprint density at radius 1 is 0.905 bits per heavy atom. The number of hydrogen-bond donors (Lipinski definition) is 1. The topological polar surface area (TPSA) is 37.8 Å². The van der Waals surface area contributed by atoms with Gasteiger partial charge in [0.15, 0.2) is 5.82 Å². The molecule has 2 aromatic rings. The number of hydrogen-bond acceptors (Lipinski definition) is 3. The fourth-order valence-corrected chi connectivity index (χ4v) is 2.70. The number of anilines is 1. The van der Waals surface area contributed by atoms with Crippen LogP contribution in [0.15, 0.2) is 12.1 Å². The zero-order chi connectivity index (χ0) is 15.6. The van der Waals surface area contributed by atoms with Crippen molar-refractivity contribution in [2.75, 3.05) is 11.9 Å². The van der Waals surface area contributed by atoms with Gasteiger partial charge in [-0.1, -0.05) is 24.6 Å². The van der Waals surface area contributed by atoms with E-state index in [9.17, 15) is 0 Å². The second-order valence-corrected chi connectivity index (χ2v) is 5.79. The normalized spacial score (nSPS) is 10.8. The van der Waals surface area contributed by atoms with Gasteiger partial charge in [-0.25, -0.2) is 9.97 Å². The molecule has 0 radical (unpaired) electrons. The van der Waals surface area contributed by atoms with E-state index in [1.807, 2.05) is 13.8 Å². The molecule has 21 heavy (non-hydrogen) atoms. The molecule has 1 aromatic carbocycles. The van der Waals surface area contributed by atoms with Crippen molar-refractivity contribution >= 4 is 5.82 Å². The molecule has 0 saturated carbocycles. The first-order valence-corrected chi connectivity index (χ1v) is 7.61. The summed E-state index contributed by atoms with van der Waals surface area (Å²) in [6.07, 6.45) is 1.07. The molecule has 3 nitrogen and oxygen atoms in total. The standard InChI is InChI=1S/C18H25N3/c1-7-8-19-18-17(20-14(5)15(6)21-18)16-12(3)9-11(2)10-13(16)4/h9-10H,7-8H2,1-6H3,(H,19,21). The van der Waals surface area contributed by atoms with Crippen molar-refractivity contribution < 1.29 is 0 Å². The minimum absolute atomic E-state index is 0.898. The molecule has 0 spiro atoms. The maximum atomic E-state index is 4.82. The third-order valence-corrected chi connectivity index (χ3v) is 3.76. The molecule has 0 amide bonds. The van der Waals surface area contributed by atoms with E-state index in [4.69, 9.17) is 9.97 Å². The summed E-state index contributed by atoms with van der Waals surface area (Å²) >= 11 is 0. The van der Waals surface area contributed by atoms with Crippen molar-refractivity contribution in [1.29, 1.82) is 0 Å². The highest BCUT2D eigenvalue weighted by molar-refractivity contribution is 5.77. The molecule has 0 atom stereocenters. The number of rotatable bonds is 4. The minimum atomic E-state index is 0.898. The van der Waals surface area contributed by atoms with Crippen molar-refractivity contribution in [3.05, 3.63) is 40.2 Å². The Morgan fingerprint density at radius 3 is 2.05 bits per heavy atom. The van der Waals surface area contributed by atoms with E-state index >= 15 is 0 Å². The van der Waals surface area contributed by atoms with Gasteiger partial charge in [0.25, 0.3) is 0 Å². The van der Waals surface area contributed by atoms with Crippen LogP contribution in [0.1, 0.15) is 41.4 Å². The Balaban J connectivity index is 2.64. The zero-order valence-electron chi connectivity index (χ0n) is 14.0. The van der Waals surface area contributed by atoms with E-state index in [1.165, 1.54) is 22.3 Å². The molecule has 0 aliphatic heterocycles. The molecular formula is C18H25N3. The molecule has 0 aliphatic carbocycles. The second kappa shape index (κ2) is 6.25. The van der Waals surface area contributed by atoms with Gasteiger partial charge in [-0.05, 0) is 52.2 Å². The van der Waals surface area contributed by atoms with E-state index in [1.54, 1.807) is 0 Å². The maximum Gasteiger partial charge on any atom is 0.152 e. The Kier molecular flexibility index (Phi) is 4.61. The monoisotopic (exact) mass is 283 g/mol. The van der Waals surface area contributed by atoms with Crippen LogP contribution >= 0.6 is 0 Å². The summed E-state index contributed by atoms with van der Waals surface area (Å²) in [5.41, 5.74) is 7.95. The molecule has 2 rings (SSSR count). The summed E-state index contributed by atoms with van der Waals surface area (Å²) in [6, 6.07) is 4.42. The van der Waals surface area contributed by atoms with Crippen LogP contribution in [0.3, 0.4) is 0 Å². The lowest BCUT2D eigenvalue weighted by Gasteiger charge is -2.16. The predicted octanol–water partition coefficient (Wildman–Crippen LogP) is 4.51. The average Bonchev–Trinajstić information content (AvgIpc) is 2.39. The van der Waals surface area contributed by atoms with Gasteiger partial charge in [0.1, 0.15) is 5.69 Å². The third-order valence-electron chi connectivity index (χ3n) is 3.76. The maximum absolute atomic E-state index is 4.82. The van der Waals surface area contributed by atoms with Crippen LogP contribution in [0, 0.1) is 34.6 Å². The highest BCUT2D eigenvalue weighted by atomic mass is 15.0. The number of aryl methyl sites for hydroxylation is 5. The van der Waals surface area contributed by atoms with Crippen LogP contribution in [0.2, 0.25) is 0 Å². The van der Waals surface area contributed by atoms with Crippen LogP contribution in [0.5, 0.6) is 0 Å². The first-order valence-electron chi connectivity index (χ1n) is 7.61. The highest BCUT2D eigenvalue weighted by Gasteiger charge is 2.15. The summed E-state index contributed by atoms with van der Waals surface area (Å²) in [6.45, 7) is 13.5. The fraction of sp³-hybridized carbons (Fsp3) is 0.444. The number of nitrogens with one attached hydrogen (secondary N) is 1. The van der Waals surface area contributed by atoms with E-state index in [0.717, 1.165) is 35.9 Å². The molecule has 3 heteroatoms. The van der Waals surface area contributed by atoms with E-state index in [-0.39, 0.29) is 0 Å². The molecule has 0 fully saturated rings. The largest absolute Gasteiger partial charge is 0.368 e. The molecule has 0 unspecified atom stereocenters. The highest BCUT2D eigenvalue weighted by Crippen LogP contribution is 2.32. The van der Waals surface area contributed by atoms with Crippen molar-refractivity contribution in [2.24, 2.45) is 0 Å². The molecular weight excluding hydrogens is 258 g/mol. The number of benzene rings is 1. The first-order chi connectivity index (χ1) is 9.93. The molecule has 1 aromatic heterocycles. The second-order valence-electron chi connectivity index (χ2n) is 5.79. The van der Waals surface area contributed by atoms with E-state index in [0.29, 0.717) is 0 Å². The third kappa shape index (κ3) is 3.23. The quantitative estimate of drug-likeness (QED) is 0.897. The van der Waals surface area contributed by atoms with Gasteiger partial charge in [-0.2, -0.15) is 0 Å². The molecule has 0 aliphatic rings. The van der Waals surface area contributed by atoms with E-state index < -0.39 is 0 Å². The van der Waals surface area contributed by atoms with Crippen LogP contribution in [-0.2, 0) is 0 Å². The smallest absolute Gasteiger partial charge is 0.152 e. The summed E-state index contributed by atoms with van der Waals surface area (Å²) in [5, 5.41) is 3.42. The van der Waals surface area contributed by atoms with Crippen molar-refractivity contribution in [1.82, 2.24) is 9.97 Å².